The Morgan fingerprint density at radius 2 is 1.79 bits per heavy atom. The number of aliphatic hydroxyl groups excluding tert-OH is 1. The highest BCUT2D eigenvalue weighted by Crippen LogP contribution is 2.43. The van der Waals surface area contributed by atoms with Gasteiger partial charge in [-0.1, -0.05) is 54.1 Å². The van der Waals surface area contributed by atoms with E-state index in [0.717, 1.165) is 49.1 Å². The molecule has 2 aromatic carbocycles. The van der Waals surface area contributed by atoms with Crippen LogP contribution in [-0.4, -0.2) is 20.1 Å². The van der Waals surface area contributed by atoms with Gasteiger partial charge in [-0.3, -0.25) is 4.98 Å². The Bertz CT molecular complexity index is 1360. The van der Waals surface area contributed by atoms with Crippen molar-refractivity contribution in [2.75, 3.05) is 0 Å². The zero-order chi connectivity index (χ0) is 22.9. The molecule has 1 aliphatic rings. The standard InChI is InChI=1S/C26H22ClN3O2S/c1-15-7-3-5-9-19(15)24-29-25-21(11-20-18(13-31)12-28-16(2)23(20)32-25)26(30-24)33-14-17-8-4-6-10-22(17)27/h3-10,12,31H,11,13-14H2,1-2H3. The molecule has 5 rings (SSSR count). The average Bonchev–Trinajstić information content (AvgIpc) is 2.83. The molecular formula is C26H22ClN3O2S. The topological polar surface area (TPSA) is 68.1 Å². The van der Waals surface area contributed by atoms with Crippen molar-refractivity contribution < 1.29 is 9.84 Å². The van der Waals surface area contributed by atoms with Gasteiger partial charge in [0.15, 0.2) is 11.6 Å². The zero-order valence-corrected chi connectivity index (χ0v) is 19.9. The van der Waals surface area contributed by atoms with Crippen LogP contribution in [0.2, 0.25) is 5.02 Å². The summed E-state index contributed by atoms with van der Waals surface area (Å²) in [6.45, 7) is 3.85. The lowest BCUT2D eigenvalue weighted by Gasteiger charge is -2.24. The zero-order valence-electron chi connectivity index (χ0n) is 18.3. The molecule has 0 radical (unpaired) electrons. The number of thioether (sulfide) groups is 1. The van der Waals surface area contributed by atoms with Crippen LogP contribution in [0, 0.1) is 13.8 Å². The highest BCUT2D eigenvalue weighted by molar-refractivity contribution is 7.98. The second kappa shape index (κ2) is 9.14. The van der Waals surface area contributed by atoms with Gasteiger partial charge in [0.05, 0.1) is 17.9 Å². The van der Waals surface area contributed by atoms with E-state index in [1.165, 1.54) is 0 Å². The number of benzene rings is 2. The third-order valence-corrected chi connectivity index (χ3v) is 7.20. The second-order valence-electron chi connectivity index (χ2n) is 7.94. The number of pyridine rings is 1. The van der Waals surface area contributed by atoms with Crippen LogP contribution in [0.5, 0.6) is 11.6 Å². The molecule has 1 N–H and O–H groups in total. The molecule has 0 atom stereocenters. The normalized spacial score (nSPS) is 12.1. The van der Waals surface area contributed by atoms with Gasteiger partial charge in [-0.15, -0.1) is 11.8 Å². The van der Waals surface area contributed by atoms with Gasteiger partial charge in [-0.25, -0.2) is 4.98 Å². The molecule has 0 saturated heterocycles. The Morgan fingerprint density at radius 1 is 1.00 bits per heavy atom. The van der Waals surface area contributed by atoms with Crippen molar-refractivity contribution in [3.63, 3.8) is 0 Å². The predicted molar refractivity (Wildman–Crippen MR) is 131 cm³/mol. The van der Waals surface area contributed by atoms with Crippen molar-refractivity contribution >= 4 is 23.4 Å². The van der Waals surface area contributed by atoms with E-state index in [2.05, 4.69) is 4.98 Å². The molecule has 3 heterocycles. The maximum Gasteiger partial charge on any atom is 0.227 e. The molecule has 0 bridgehead atoms. The summed E-state index contributed by atoms with van der Waals surface area (Å²) in [6, 6.07) is 15.9. The van der Waals surface area contributed by atoms with E-state index in [1.807, 2.05) is 62.4 Å². The van der Waals surface area contributed by atoms with E-state index in [9.17, 15) is 5.11 Å². The van der Waals surface area contributed by atoms with Crippen LogP contribution < -0.4 is 4.74 Å². The van der Waals surface area contributed by atoms with Gasteiger partial charge in [-0.2, -0.15) is 4.98 Å². The van der Waals surface area contributed by atoms with Crippen LogP contribution in [0.3, 0.4) is 0 Å². The summed E-state index contributed by atoms with van der Waals surface area (Å²) in [4.78, 5) is 14.2. The highest BCUT2D eigenvalue weighted by atomic mass is 35.5. The first kappa shape index (κ1) is 21.9. The largest absolute Gasteiger partial charge is 0.436 e. The number of hydrogen-bond acceptors (Lipinski definition) is 6. The third-order valence-electron chi connectivity index (χ3n) is 5.77. The molecule has 0 amide bonds. The molecular weight excluding hydrogens is 454 g/mol. The molecule has 166 valence electrons. The van der Waals surface area contributed by atoms with E-state index in [0.29, 0.717) is 29.6 Å². The van der Waals surface area contributed by atoms with E-state index in [1.54, 1.807) is 18.0 Å². The number of aryl methyl sites for hydroxylation is 2. The molecule has 2 aromatic heterocycles. The van der Waals surface area contributed by atoms with Crippen LogP contribution >= 0.6 is 23.4 Å². The van der Waals surface area contributed by atoms with Gasteiger partial charge in [-0.05, 0) is 31.0 Å². The fraction of sp³-hybridized carbons (Fsp3) is 0.192. The van der Waals surface area contributed by atoms with Crippen LogP contribution in [-0.2, 0) is 18.8 Å². The lowest BCUT2D eigenvalue weighted by molar-refractivity contribution is 0.278. The number of aromatic nitrogens is 3. The van der Waals surface area contributed by atoms with Gasteiger partial charge in [0.25, 0.3) is 0 Å². The maximum absolute atomic E-state index is 9.86. The summed E-state index contributed by atoms with van der Waals surface area (Å²) in [6.07, 6.45) is 2.28. The van der Waals surface area contributed by atoms with Gasteiger partial charge >= 0.3 is 0 Å². The van der Waals surface area contributed by atoms with Gasteiger partial charge in [0.1, 0.15) is 5.03 Å². The van der Waals surface area contributed by atoms with Crippen molar-refractivity contribution in [1.82, 2.24) is 15.0 Å². The Hall–Kier alpha value is -2.93. The second-order valence-corrected chi connectivity index (χ2v) is 9.32. The molecule has 0 saturated carbocycles. The van der Waals surface area contributed by atoms with Crippen LogP contribution in [0.4, 0.5) is 0 Å². The lowest BCUT2D eigenvalue weighted by atomic mass is 9.99. The highest BCUT2D eigenvalue weighted by Gasteiger charge is 2.28. The van der Waals surface area contributed by atoms with Gasteiger partial charge < -0.3 is 9.84 Å². The first-order chi connectivity index (χ1) is 16.0. The van der Waals surface area contributed by atoms with Gasteiger partial charge in [0.2, 0.25) is 5.88 Å². The number of halogens is 1. The lowest BCUT2D eigenvalue weighted by Crippen LogP contribution is -2.13. The van der Waals surface area contributed by atoms with Crippen LogP contribution in [0.15, 0.2) is 59.8 Å². The van der Waals surface area contributed by atoms with Crippen molar-refractivity contribution in [3.8, 4) is 23.0 Å². The van der Waals surface area contributed by atoms with Crippen LogP contribution in [0.1, 0.15) is 33.5 Å². The summed E-state index contributed by atoms with van der Waals surface area (Å²) in [5.74, 6) is 2.51. The molecule has 0 spiro atoms. The minimum Gasteiger partial charge on any atom is -0.436 e. The number of aliphatic hydroxyl groups is 1. The Morgan fingerprint density at radius 3 is 2.58 bits per heavy atom. The summed E-state index contributed by atoms with van der Waals surface area (Å²) < 4.78 is 6.31. The average molecular weight is 476 g/mol. The number of rotatable bonds is 5. The van der Waals surface area contributed by atoms with Crippen molar-refractivity contribution in [2.24, 2.45) is 0 Å². The Kier molecular flexibility index (Phi) is 6.06. The summed E-state index contributed by atoms with van der Waals surface area (Å²) >= 11 is 8.02. The van der Waals surface area contributed by atoms with E-state index >= 15 is 0 Å². The molecule has 33 heavy (non-hydrogen) atoms. The molecule has 4 aromatic rings. The summed E-state index contributed by atoms with van der Waals surface area (Å²) in [7, 11) is 0. The van der Waals surface area contributed by atoms with Gasteiger partial charge in [0, 0.05) is 40.1 Å². The van der Waals surface area contributed by atoms with Crippen molar-refractivity contribution in [3.05, 3.63) is 93.3 Å². The monoisotopic (exact) mass is 475 g/mol. The first-order valence-corrected chi connectivity index (χ1v) is 12.0. The molecule has 0 unspecified atom stereocenters. The van der Waals surface area contributed by atoms with E-state index in [4.69, 9.17) is 26.3 Å². The smallest absolute Gasteiger partial charge is 0.227 e. The van der Waals surface area contributed by atoms with E-state index in [-0.39, 0.29) is 6.61 Å². The fourth-order valence-corrected chi connectivity index (χ4v) is 5.23. The summed E-state index contributed by atoms with van der Waals surface area (Å²) in [5.41, 5.74) is 6.48. The number of nitrogens with zero attached hydrogens (tertiary/aromatic N) is 3. The molecule has 7 heteroatoms. The molecule has 1 aliphatic heterocycles. The number of hydrogen-bond donors (Lipinski definition) is 1. The third kappa shape index (κ3) is 4.22. The summed E-state index contributed by atoms with van der Waals surface area (Å²) in [5, 5.41) is 11.4. The SMILES string of the molecule is Cc1ccccc1-c1nc2c(c(SCc3ccccc3Cl)n1)Cc1c(CO)cnc(C)c1O2. The fourth-order valence-electron chi connectivity index (χ4n) is 3.92. The van der Waals surface area contributed by atoms with Crippen molar-refractivity contribution in [2.45, 2.75) is 37.7 Å². The Labute approximate surface area is 201 Å². The Balaban J connectivity index is 1.62. The minimum absolute atomic E-state index is 0.0987. The minimum atomic E-state index is -0.0987. The maximum atomic E-state index is 9.86. The number of ether oxygens (including phenoxy) is 1. The first-order valence-electron chi connectivity index (χ1n) is 10.6. The quantitative estimate of drug-likeness (QED) is 0.238. The van der Waals surface area contributed by atoms with Crippen molar-refractivity contribution in [1.29, 1.82) is 0 Å². The molecule has 5 nitrogen and oxygen atoms in total. The predicted octanol–water partition coefficient (Wildman–Crippen LogP) is 6.29. The molecule has 0 aliphatic carbocycles. The van der Waals surface area contributed by atoms with E-state index < -0.39 is 0 Å². The molecule has 0 fully saturated rings. The van der Waals surface area contributed by atoms with Crippen LogP contribution in [0.25, 0.3) is 11.4 Å². The number of fused-ring (bicyclic) bond motifs is 2.